The Morgan fingerprint density at radius 2 is 1.74 bits per heavy atom. The number of nitrogens with one attached hydrogen (secondary N) is 1. The second-order valence-corrected chi connectivity index (χ2v) is 9.15. The zero-order valence-corrected chi connectivity index (χ0v) is 18.5. The first-order chi connectivity index (χ1) is 14.8. The van der Waals surface area contributed by atoms with E-state index in [4.69, 9.17) is 4.74 Å². The maximum Gasteiger partial charge on any atom is 0.347 e. The molecule has 3 aromatic carbocycles. The van der Waals surface area contributed by atoms with Crippen molar-refractivity contribution >= 4 is 16.7 Å². The summed E-state index contributed by atoms with van der Waals surface area (Å²) in [4.78, 5) is 11.3. The molecule has 31 heavy (non-hydrogen) atoms. The molecule has 4 nitrogen and oxygen atoms in total. The molecule has 162 valence electrons. The third kappa shape index (κ3) is 4.75. The van der Waals surface area contributed by atoms with E-state index in [1.807, 2.05) is 12.1 Å². The number of hydrogen-bond acceptors (Lipinski definition) is 3. The minimum atomic E-state index is -1.23. The van der Waals surface area contributed by atoms with E-state index in [1.54, 1.807) is 13.8 Å². The van der Waals surface area contributed by atoms with Crippen LogP contribution >= 0.6 is 0 Å². The highest BCUT2D eigenvalue weighted by Crippen LogP contribution is 2.37. The first-order valence-corrected chi connectivity index (χ1v) is 11.1. The van der Waals surface area contributed by atoms with Gasteiger partial charge in [0.1, 0.15) is 5.75 Å². The van der Waals surface area contributed by atoms with E-state index in [9.17, 15) is 9.90 Å². The van der Waals surface area contributed by atoms with Crippen molar-refractivity contribution in [1.29, 1.82) is 0 Å². The van der Waals surface area contributed by atoms with Crippen LogP contribution in [0.25, 0.3) is 10.8 Å². The maximum atomic E-state index is 11.3. The summed E-state index contributed by atoms with van der Waals surface area (Å²) in [5.74, 6) is 0.133. The van der Waals surface area contributed by atoms with Gasteiger partial charge in [0.25, 0.3) is 0 Å². The number of fused-ring (bicyclic) bond motifs is 1. The van der Waals surface area contributed by atoms with Crippen molar-refractivity contribution in [2.75, 3.05) is 0 Å². The highest BCUT2D eigenvalue weighted by molar-refractivity contribution is 5.86. The molecule has 3 atom stereocenters. The van der Waals surface area contributed by atoms with E-state index >= 15 is 0 Å². The number of rotatable bonds is 7. The van der Waals surface area contributed by atoms with Gasteiger partial charge in [-0.25, -0.2) is 4.79 Å². The Hall–Kier alpha value is -2.85. The number of hydrogen-bond donors (Lipinski definition) is 2. The molecular formula is C27H31NO3. The van der Waals surface area contributed by atoms with E-state index < -0.39 is 11.6 Å². The molecule has 0 bridgehead atoms. The lowest BCUT2D eigenvalue weighted by Gasteiger charge is -2.22. The predicted octanol–water partition coefficient (Wildman–Crippen LogP) is 6.07. The quantitative estimate of drug-likeness (QED) is 0.490. The van der Waals surface area contributed by atoms with E-state index in [1.165, 1.54) is 21.9 Å². The number of carboxylic acid groups (broad SMARTS) is 1. The van der Waals surface area contributed by atoms with Crippen molar-refractivity contribution in [3.8, 4) is 5.75 Å². The van der Waals surface area contributed by atoms with E-state index in [0.717, 1.165) is 19.3 Å². The largest absolute Gasteiger partial charge is 0.478 e. The molecule has 1 unspecified atom stereocenters. The summed E-state index contributed by atoms with van der Waals surface area (Å²) in [5, 5.41) is 15.7. The van der Waals surface area contributed by atoms with Crippen LogP contribution in [0.1, 0.15) is 63.1 Å². The number of benzene rings is 3. The van der Waals surface area contributed by atoms with Gasteiger partial charge in [-0.3, -0.25) is 0 Å². The first kappa shape index (κ1) is 21.4. The second-order valence-electron chi connectivity index (χ2n) is 9.15. The topological polar surface area (TPSA) is 58.6 Å². The van der Waals surface area contributed by atoms with Gasteiger partial charge in [-0.1, -0.05) is 54.6 Å². The highest BCUT2D eigenvalue weighted by atomic mass is 16.5. The summed E-state index contributed by atoms with van der Waals surface area (Å²) in [7, 11) is 0. The molecular weight excluding hydrogens is 386 g/mol. The smallest absolute Gasteiger partial charge is 0.347 e. The van der Waals surface area contributed by atoms with Crippen molar-refractivity contribution in [1.82, 2.24) is 5.32 Å². The molecule has 0 aliphatic heterocycles. The number of ether oxygens (including phenoxy) is 1. The molecule has 1 saturated carbocycles. The van der Waals surface area contributed by atoms with Crippen LogP contribution in [0.5, 0.6) is 5.75 Å². The van der Waals surface area contributed by atoms with Crippen LogP contribution in [0.2, 0.25) is 0 Å². The van der Waals surface area contributed by atoms with Gasteiger partial charge in [0.05, 0.1) is 0 Å². The zero-order chi connectivity index (χ0) is 22.0. The average molecular weight is 418 g/mol. The van der Waals surface area contributed by atoms with Crippen LogP contribution < -0.4 is 10.1 Å². The average Bonchev–Trinajstić information content (AvgIpc) is 3.22. The lowest BCUT2D eigenvalue weighted by Crippen LogP contribution is -2.37. The summed E-state index contributed by atoms with van der Waals surface area (Å²) in [6.45, 7) is 5.38. The van der Waals surface area contributed by atoms with E-state index in [0.29, 0.717) is 23.8 Å². The van der Waals surface area contributed by atoms with Crippen LogP contribution in [0.15, 0.2) is 66.7 Å². The monoisotopic (exact) mass is 417 g/mol. The summed E-state index contributed by atoms with van der Waals surface area (Å²) in [6, 6.07) is 23.8. The van der Waals surface area contributed by atoms with Crippen LogP contribution in [-0.2, 0) is 4.79 Å². The molecule has 1 fully saturated rings. The predicted molar refractivity (Wildman–Crippen MR) is 125 cm³/mol. The van der Waals surface area contributed by atoms with Crippen molar-refractivity contribution in [2.45, 2.75) is 63.6 Å². The second kappa shape index (κ2) is 8.72. The fourth-order valence-corrected chi connectivity index (χ4v) is 4.65. The normalized spacial score (nSPS) is 20.0. The molecule has 0 spiro atoms. The van der Waals surface area contributed by atoms with E-state index in [-0.39, 0.29) is 0 Å². The van der Waals surface area contributed by atoms with Crippen molar-refractivity contribution < 1.29 is 14.6 Å². The molecule has 1 aliphatic rings. The molecule has 2 N–H and O–H groups in total. The van der Waals surface area contributed by atoms with Gasteiger partial charge in [-0.15, -0.1) is 0 Å². The lowest BCUT2D eigenvalue weighted by atomic mass is 9.96. The van der Waals surface area contributed by atoms with Crippen LogP contribution in [0, 0.1) is 0 Å². The summed E-state index contributed by atoms with van der Waals surface area (Å²) >= 11 is 0. The minimum Gasteiger partial charge on any atom is -0.478 e. The van der Waals surface area contributed by atoms with Crippen LogP contribution in [0.3, 0.4) is 0 Å². The van der Waals surface area contributed by atoms with E-state index in [2.05, 4.69) is 66.8 Å². The molecule has 1 aliphatic carbocycles. The standard InChI is InChI=1S/C27H31NO3/c1-18(24-10-6-8-20-7-4-5-9-25(20)24)28-22-14-11-21(17-22)19-12-15-23(16-13-19)31-27(2,3)26(29)30/h4-10,12-13,15-16,18,21-22,28H,11,14,17H2,1-3H3,(H,29,30)/t18-,21?,22+/m1/s1. The van der Waals surface area contributed by atoms with Gasteiger partial charge in [-0.2, -0.15) is 0 Å². The van der Waals surface area contributed by atoms with Gasteiger partial charge < -0.3 is 15.2 Å². The third-order valence-electron chi connectivity index (χ3n) is 6.45. The minimum absolute atomic E-state index is 0.295. The van der Waals surface area contributed by atoms with Crippen LogP contribution in [-0.4, -0.2) is 22.7 Å². The highest BCUT2D eigenvalue weighted by Gasteiger charge is 2.30. The van der Waals surface area contributed by atoms with Gasteiger partial charge in [0, 0.05) is 12.1 Å². The van der Waals surface area contributed by atoms with Crippen molar-refractivity contribution in [2.24, 2.45) is 0 Å². The van der Waals surface area contributed by atoms with Gasteiger partial charge in [0.15, 0.2) is 5.60 Å². The van der Waals surface area contributed by atoms with Gasteiger partial charge in [0.2, 0.25) is 0 Å². The number of aliphatic carboxylic acids is 1. The number of carbonyl (C=O) groups is 1. The molecule has 0 amide bonds. The molecule has 4 heteroatoms. The van der Waals surface area contributed by atoms with Gasteiger partial charge in [-0.05, 0) is 80.0 Å². The van der Waals surface area contributed by atoms with Crippen LogP contribution in [0.4, 0.5) is 0 Å². The SMILES string of the molecule is C[C@@H](N[C@H]1CCC(c2ccc(OC(C)(C)C(=O)O)cc2)C1)c1cccc2ccccc12. The maximum absolute atomic E-state index is 11.3. The Labute approximate surface area is 184 Å². The molecule has 0 saturated heterocycles. The molecule has 4 rings (SSSR count). The van der Waals surface area contributed by atoms with Crippen molar-refractivity contribution in [3.05, 3.63) is 77.9 Å². The summed E-state index contributed by atoms with van der Waals surface area (Å²) in [6.07, 6.45) is 3.42. The summed E-state index contributed by atoms with van der Waals surface area (Å²) in [5.41, 5.74) is 1.41. The third-order valence-corrected chi connectivity index (χ3v) is 6.45. The Bertz CT molecular complexity index is 1050. The molecule has 3 aromatic rings. The molecule has 0 radical (unpaired) electrons. The summed E-state index contributed by atoms with van der Waals surface area (Å²) < 4.78 is 5.63. The first-order valence-electron chi connectivity index (χ1n) is 11.1. The Kier molecular flexibility index (Phi) is 6.01. The number of carboxylic acids is 1. The Morgan fingerprint density at radius 1 is 1.03 bits per heavy atom. The fraction of sp³-hybridized carbons (Fsp3) is 0.370. The fourth-order valence-electron chi connectivity index (χ4n) is 4.65. The van der Waals surface area contributed by atoms with Crippen molar-refractivity contribution in [3.63, 3.8) is 0 Å². The zero-order valence-electron chi connectivity index (χ0n) is 18.5. The lowest BCUT2D eigenvalue weighted by molar-refractivity contribution is -0.152. The molecule has 0 aromatic heterocycles. The van der Waals surface area contributed by atoms with Gasteiger partial charge >= 0.3 is 5.97 Å². The Morgan fingerprint density at radius 3 is 2.48 bits per heavy atom. The Balaban J connectivity index is 1.38. The molecule has 0 heterocycles.